The third-order valence-corrected chi connectivity index (χ3v) is 2.65. The molecule has 1 unspecified atom stereocenters. The molecule has 2 atom stereocenters. The van der Waals surface area contributed by atoms with E-state index >= 15 is 0 Å². The lowest BCUT2D eigenvalue weighted by Crippen LogP contribution is -2.53. The summed E-state index contributed by atoms with van der Waals surface area (Å²) in [5, 5.41) is 0. The standard InChI is InChI=1S/C10H18N2O3.ClH/c1-7(11)9(13)12-6-4-3-5-8(12)10(14)15-2;/h7-8H,3-6,11H2,1-2H3;1H/t7-,8?;/m1./s1. The van der Waals surface area contributed by atoms with Gasteiger partial charge >= 0.3 is 5.97 Å². The highest BCUT2D eigenvalue weighted by atomic mass is 35.5. The summed E-state index contributed by atoms with van der Waals surface area (Å²) in [5.74, 6) is -0.520. The molecule has 1 aliphatic heterocycles. The first-order valence-electron chi connectivity index (χ1n) is 5.21. The van der Waals surface area contributed by atoms with Crippen molar-refractivity contribution in [3.8, 4) is 0 Å². The van der Waals surface area contributed by atoms with Crippen molar-refractivity contribution in [2.24, 2.45) is 5.73 Å². The average Bonchev–Trinajstić information content (AvgIpc) is 2.27. The Labute approximate surface area is 102 Å². The Balaban J connectivity index is 0.00000225. The minimum Gasteiger partial charge on any atom is -0.467 e. The monoisotopic (exact) mass is 250 g/mol. The van der Waals surface area contributed by atoms with Crippen molar-refractivity contribution in [1.82, 2.24) is 4.90 Å². The van der Waals surface area contributed by atoms with Crippen LogP contribution in [0, 0.1) is 0 Å². The van der Waals surface area contributed by atoms with Crippen LogP contribution in [0.15, 0.2) is 0 Å². The number of ether oxygens (including phenoxy) is 1. The fraction of sp³-hybridized carbons (Fsp3) is 0.800. The minimum absolute atomic E-state index is 0. The van der Waals surface area contributed by atoms with Crippen LogP contribution < -0.4 is 5.73 Å². The van der Waals surface area contributed by atoms with Crippen molar-refractivity contribution in [3.63, 3.8) is 0 Å². The van der Waals surface area contributed by atoms with Gasteiger partial charge in [-0.2, -0.15) is 0 Å². The number of methoxy groups -OCH3 is 1. The van der Waals surface area contributed by atoms with Crippen LogP contribution >= 0.6 is 12.4 Å². The number of esters is 1. The Morgan fingerprint density at radius 1 is 1.44 bits per heavy atom. The Morgan fingerprint density at radius 3 is 2.56 bits per heavy atom. The van der Waals surface area contributed by atoms with Crippen molar-refractivity contribution in [1.29, 1.82) is 0 Å². The van der Waals surface area contributed by atoms with Gasteiger partial charge in [0.2, 0.25) is 5.91 Å². The quantitative estimate of drug-likeness (QED) is 0.716. The van der Waals surface area contributed by atoms with Crippen LogP contribution in [0.25, 0.3) is 0 Å². The summed E-state index contributed by atoms with van der Waals surface area (Å²) in [6.07, 6.45) is 2.54. The lowest BCUT2D eigenvalue weighted by atomic mass is 10.0. The summed E-state index contributed by atoms with van der Waals surface area (Å²) in [6, 6.07) is -1.00. The summed E-state index contributed by atoms with van der Waals surface area (Å²) >= 11 is 0. The van der Waals surface area contributed by atoms with E-state index in [0.29, 0.717) is 13.0 Å². The van der Waals surface area contributed by atoms with E-state index in [4.69, 9.17) is 5.73 Å². The smallest absolute Gasteiger partial charge is 0.328 e. The number of piperidine rings is 1. The minimum atomic E-state index is -0.560. The van der Waals surface area contributed by atoms with Gasteiger partial charge in [-0.05, 0) is 26.2 Å². The zero-order valence-corrected chi connectivity index (χ0v) is 10.5. The van der Waals surface area contributed by atoms with E-state index in [1.807, 2.05) is 0 Å². The summed E-state index contributed by atoms with van der Waals surface area (Å²) < 4.78 is 4.68. The van der Waals surface area contributed by atoms with Gasteiger partial charge in [-0.3, -0.25) is 4.79 Å². The molecule has 1 rings (SSSR count). The van der Waals surface area contributed by atoms with Crippen molar-refractivity contribution < 1.29 is 14.3 Å². The molecular weight excluding hydrogens is 232 g/mol. The molecule has 1 aliphatic rings. The number of nitrogens with zero attached hydrogens (tertiary/aromatic N) is 1. The molecule has 0 bridgehead atoms. The summed E-state index contributed by atoms with van der Waals surface area (Å²) in [7, 11) is 1.34. The first-order chi connectivity index (χ1) is 7.07. The molecule has 0 aromatic carbocycles. The Kier molecular flexibility index (Phi) is 6.36. The fourth-order valence-electron chi connectivity index (χ4n) is 1.84. The fourth-order valence-corrected chi connectivity index (χ4v) is 1.84. The van der Waals surface area contributed by atoms with Crippen LogP contribution in [-0.2, 0) is 14.3 Å². The molecule has 0 aromatic rings. The lowest BCUT2D eigenvalue weighted by Gasteiger charge is -2.34. The molecule has 5 nitrogen and oxygen atoms in total. The SMILES string of the molecule is COC(=O)C1CCCCN1C(=O)[C@@H](C)N.Cl. The van der Waals surface area contributed by atoms with E-state index in [1.54, 1.807) is 11.8 Å². The molecule has 1 amide bonds. The van der Waals surface area contributed by atoms with Crippen LogP contribution in [0.1, 0.15) is 26.2 Å². The van der Waals surface area contributed by atoms with E-state index < -0.39 is 12.1 Å². The van der Waals surface area contributed by atoms with Gasteiger partial charge in [-0.1, -0.05) is 0 Å². The number of halogens is 1. The van der Waals surface area contributed by atoms with Gasteiger partial charge in [0.25, 0.3) is 0 Å². The normalized spacial score (nSPS) is 21.9. The van der Waals surface area contributed by atoms with E-state index in [1.165, 1.54) is 7.11 Å². The number of likely N-dealkylation sites (tertiary alicyclic amines) is 1. The summed E-state index contributed by atoms with van der Waals surface area (Å²) in [4.78, 5) is 24.7. The Hall–Kier alpha value is -0.810. The first-order valence-corrected chi connectivity index (χ1v) is 5.21. The molecular formula is C10H19ClN2O3. The number of hydrogen-bond donors (Lipinski definition) is 1. The van der Waals surface area contributed by atoms with Crippen LogP contribution in [0.4, 0.5) is 0 Å². The predicted molar refractivity (Wildman–Crippen MR) is 62.3 cm³/mol. The van der Waals surface area contributed by atoms with Crippen molar-refractivity contribution in [2.75, 3.05) is 13.7 Å². The molecule has 0 saturated carbocycles. The topological polar surface area (TPSA) is 72.6 Å². The highest BCUT2D eigenvalue weighted by Crippen LogP contribution is 2.18. The second-order valence-electron chi connectivity index (χ2n) is 3.86. The molecule has 1 saturated heterocycles. The molecule has 6 heteroatoms. The molecule has 16 heavy (non-hydrogen) atoms. The number of nitrogens with two attached hydrogens (primary N) is 1. The van der Waals surface area contributed by atoms with E-state index in [0.717, 1.165) is 12.8 Å². The number of carbonyl (C=O) groups is 2. The molecule has 1 fully saturated rings. The number of rotatable bonds is 2. The van der Waals surface area contributed by atoms with Gasteiger partial charge in [-0.15, -0.1) is 12.4 Å². The number of amides is 1. The van der Waals surface area contributed by atoms with Gasteiger partial charge in [0.05, 0.1) is 13.2 Å². The van der Waals surface area contributed by atoms with Gasteiger partial charge in [-0.25, -0.2) is 4.79 Å². The molecule has 94 valence electrons. The van der Waals surface area contributed by atoms with Gasteiger partial charge in [0, 0.05) is 6.54 Å². The van der Waals surface area contributed by atoms with E-state index in [-0.39, 0.29) is 24.3 Å². The maximum Gasteiger partial charge on any atom is 0.328 e. The summed E-state index contributed by atoms with van der Waals surface area (Å²) in [5.41, 5.74) is 5.53. The van der Waals surface area contributed by atoms with Gasteiger partial charge < -0.3 is 15.4 Å². The Bertz CT molecular complexity index is 258. The van der Waals surface area contributed by atoms with Crippen LogP contribution in [-0.4, -0.2) is 42.5 Å². The molecule has 0 radical (unpaired) electrons. The zero-order chi connectivity index (χ0) is 11.4. The summed E-state index contributed by atoms with van der Waals surface area (Å²) in [6.45, 7) is 2.23. The maximum absolute atomic E-state index is 11.7. The molecule has 0 aliphatic carbocycles. The second kappa shape index (κ2) is 6.70. The number of hydrogen-bond acceptors (Lipinski definition) is 4. The lowest BCUT2D eigenvalue weighted by molar-refractivity contribution is -0.155. The zero-order valence-electron chi connectivity index (χ0n) is 9.64. The Morgan fingerprint density at radius 2 is 2.06 bits per heavy atom. The molecule has 0 aromatic heterocycles. The average molecular weight is 251 g/mol. The van der Waals surface area contributed by atoms with Crippen molar-refractivity contribution >= 4 is 24.3 Å². The highest BCUT2D eigenvalue weighted by Gasteiger charge is 2.33. The molecule has 1 heterocycles. The first kappa shape index (κ1) is 15.2. The second-order valence-corrected chi connectivity index (χ2v) is 3.86. The maximum atomic E-state index is 11.7. The third-order valence-electron chi connectivity index (χ3n) is 2.65. The van der Waals surface area contributed by atoms with Crippen molar-refractivity contribution in [2.45, 2.75) is 38.3 Å². The van der Waals surface area contributed by atoms with E-state index in [9.17, 15) is 9.59 Å². The third kappa shape index (κ3) is 3.35. The van der Waals surface area contributed by atoms with Crippen LogP contribution in [0.5, 0.6) is 0 Å². The highest BCUT2D eigenvalue weighted by molar-refractivity contribution is 5.87. The van der Waals surface area contributed by atoms with Gasteiger partial charge in [0.15, 0.2) is 0 Å². The van der Waals surface area contributed by atoms with E-state index in [2.05, 4.69) is 4.74 Å². The predicted octanol–water partition coefficient (Wildman–Crippen LogP) is 0.309. The number of carbonyl (C=O) groups excluding carboxylic acids is 2. The van der Waals surface area contributed by atoms with Crippen molar-refractivity contribution in [3.05, 3.63) is 0 Å². The largest absolute Gasteiger partial charge is 0.467 e. The van der Waals surface area contributed by atoms with Crippen LogP contribution in [0.3, 0.4) is 0 Å². The van der Waals surface area contributed by atoms with Gasteiger partial charge in [0.1, 0.15) is 6.04 Å². The molecule has 2 N–H and O–H groups in total. The van der Waals surface area contributed by atoms with Crippen LogP contribution in [0.2, 0.25) is 0 Å². The molecule has 0 spiro atoms.